The van der Waals surface area contributed by atoms with Gasteiger partial charge in [0.1, 0.15) is 5.21 Å². The molecule has 14 heavy (non-hydrogen) atoms. The first-order valence-corrected chi connectivity index (χ1v) is 6.38. The average Bonchev–Trinajstić information content (AvgIpc) is 2.15. The molecule has 0 aliphatic heterocycles. The Hall–Kier alpha value is -0.290. The Labute approximate surface area is 93.1 Å². The van der Waals surface area contributed by atoms with Gasteiger partial charge in [-0.15, -0.1) is 11.6 Å². The normalized spacial score (nSPS) is 11.6. The largest absolute Gasteiger partial charge is 0.225 e. The minimum Gasteiger partial charge on any atom is -0.211 e. The maximum absolute atomic E-state index is 11.0. The first-order chi connectivity index (χ1) is 6.53. The van der Waals surface area contributed by atoms with Gasteiger partial charge < -0.3 is 0 Å². The highest BCUT2D eigenvalue weighted by Gasteiger charge is 2.06. The van der Waals surface area contributed by atoms with E-state index in [0.29, 0.717) is 5.02 Å². The van der Waals surface area contributed by atoms with E-state index in [4.69, 9.17) is 23.2 Å². The second-order valence-electron chi connectivity index (χ2n) is 2.67. The molecule has 0 radical (unpaired) electrons. The van der Waals surface area contributed by atoms with Crippen LogP contribution in [0.25, 0.3) is 0 Å². The number of sulfonamides is 1. The van der Waals surface area contributed by atoms with Gasteiger partial charge in [0.25, 0.3) is 0 Å². The Morgan fingerprint density at radius 3 is 2.64 bits per heavy atom. The van der Waals surface area contributed by atoms with E-state index in [1.165, 1.54) is 0 Å². The molecule has 1 aromatic rings. The maximum atomic E-state index is 11.0. The van der Waals surface area contributed by atoms with Crippen molar-refractivity contribution in [2.24, 2.45) is 0 Å². The molecule has 0 unspecified atom stereocenters. The van der Waals surface area contributed by atoms with E-state index in [2.05, 4.69) is 4.72 Å². The highest BCUT2D eigenvalue weighted by molar-refractivity contribution is 7.90. The molecule has 0 fully saturated rings. The predicted molar refractivity (Wildman–Crippen MR) is 57.9 cm³/mol. The van der Waals surface area contributed by atoms with Gasteiger partial charge in [-0.3, -0.25) is 0 Å². The zero-order valence-corrected chi connectivity index (χ0v) is 9.53. The second-order valence-corrected chi connectivity index (χ2v) is 5.50. The number of benzene rings is 1. The molecule has 78 valence electrons. The summed E-state index contributed by atoms with van der Waals surface area (Å²) in [7, 11) is -3.36. The summed E-state index contributed by atoms with van der Waals surface area (Å²) >= 11 is 10.9. The second kappa shape index (κ2) is 4.98. The minimum absolute atomic E-state index is 0.204. The number of halogens is 2. The maximum Gasteiger partial charge on any atom is 0.225 e. The molecule has 0 heterocycles. The molecule has 6 heteroatoms. The first kappa shape index (κ1) is 11.8. The molecule has 0 amide bonds. The zero-order chi connectivity index (χ0) is 10.6. The molecule has 0 aromatic heterocycles. The topological polar surface area (TPSA) is 46.2 Å². The van der Waals surface area contributed by atoms with Crippen molar-refractivity contribution in [1.29, 1.82) is 0 Å². The van der Waals surface area contributed by atoms with Crippen LogP contribution in [0.15, 0.2) is 24.3 Å². The minimum atomic E-state index is -3.36. The van der Waals surface area contributed by atoms with Crippen LogP contribution < -0.4 is 4.72 Å². The number of alkyl halides is 1. The molecule has 3 nitrogen and oxygen atoms in total. The van der Waals surface area contributed by atoms with Crippen LogP contribution in [0.5, 0.6) is 0 Å². The Balaban J connectivity index is 2.63. The highest BCUT2D eigenvalue weighted by Crippen LogP contribution is 2.10. The zero-order valence-electron chi connectivity index (χ0n) is 7.20. The van der Waals surface area contributed by atoms with Gasteiger partial charge in [0.2, 0.25) is 10.0 Å². The number of hydrogen-bond donors (Lipinski definition) is 1. The van der Waals surface area contributed by atoms with Gasteiger partial charge in [0, 0.05) is 11.6 Å². The van der Waals surface area contributed by atoms with E-state index in [9.17, 15) is 8.42 Å². The molecule has 0 aliphatic carbocycles. The average molecular weight is 254 g/mol. The van der Waals surface area contributed by atoms with Gasteiger partial charge in [-0.25, -0.2) is 13.1 Å². The first-order valence-electron chi connectivity index (χ1n) is 3.81. The summed E-state index contributed by atoms with van der Waals surface area (Å²) in [6.45, 7) is 0.204. The fourth-order valence-electron chi connectivity index (χ4n) is 0.879. The Morgan fingerprint density at radius 2 is 2.07 bits per heavy atom. The van der Waals surface area contributed by atoms with Crippen molar-refractivity contribution in [3.05, 3.63) is 34.9 Å². The number of nitrogens with one attached hydrogen (secondary N) is 1. The standard InChI is InChI=1S/C8H9Cl2NO2S/c9-6-14(12,13)11-5-7-2-1-3-8(10)4-7/h1-4,11H,5-6H2. The van der Waals surface area contributed by atoms with Gasteiger partial charge >= 0.3 is 0 Å². The summed E-state index contributed by atoms with van der Waals surface area (Å²) in [6, 6.07) is 6.95. The number of hydrogen-bond acceptors (Lipinski definition) is 2. The third-order valence-corrected chi connectivity index (χ3v) is 3.50. The van der Waals surface area contributed by atoms with Gasteiger partial charge in [0.05, 0.1) is 0 Å². The van der Waals surface area contributed by atoms with Crippen molar-refractivity contribution in [3.8, 4) is 0 Å². The van der Waals surface area contributed by atoms with E-state index < -0.39 is 15.2 Å². The quantitative estimate of drug-likeness (QED) is 0.835. The van der Waals surface area contributed by atoms with Crippen molar-refractivity contribution >= 4 is 33.2 Å². The third-order valence-electron chi connectivity index (χ3n) is 1.53. The van der Waals surface area contributed by atoms with E-state index in [1.807, 2.05) is 0 Å². The molecule has 0 saturated heterocycles. The van der Waals surface area contributed by atoms with Crippen LogP contribution in [0.1, 0.15) is 5.56 Å². The smallest absolute Gasteiger partial charge is 0.211 e. The van der Waals surface area contributed by atoms with E-state index >= 15 is 0 Å². The summed E-state index contributed by atoms with van der Waals surface area (Å²) in [5, 5.41) is 0.140. The fourth-order valence-corrected chi connectivity index (χ4v) is 1.79. The van der Waals surface area contributed by atoms with Crippen molar-refractivity contribution in [1.82, 2.24) is 4.72 Å². The highest BCUT2D eigenvalue weighted by atomic mass is 35.5. The van der Waals surface area contributed by atoms with Gasteiger partial charge in [0.15, 0.2) is 0 Å². The molecule has 0 spiro atoms. The Morgan fingerprint density at radius 1 is 1.36 bits per heavy atom. The van der Waals surface area contributed by atoms with Crippen LogP contribution in [0, 0.1) is 0 Å². The molecule has 1 aromatic carbocycles. The van der Waals surface area contributed by atoms with E-state index in [0.717, 1.165) is 5.56 Å². The van der Waals surface area contributed by atoms with E-state index in [-0.39, 0.29) is 6.54 Å². The fraction of sp³-hybridized carbons (Fsp3) is 0.250. The molecule has 1 rings (SSSR count). The molecule has 0 atom stereocenters. The lowest BCUT2D eigenvalue weighted by Crippen LogP contribution is -2.23. The SMILES string of the molecule is O=S(=O)(CCl)NCc1cccc(Cl)c1. The monoisotopic (exact) mass is 253 g/mol. The molecule has 0 saturated carbocycles. The van der Waals surface area contributed by atoms with Crippen molar-refractivity contribution in [2.45, 2.75) is 6.54 Å². The van der Waals surface area contributed by atoms with Gasteiger partial charge in [-0.05, 0) is 17.7 Å². The molecule has 0 aliphatic rings. The lowest BCUT2D eigenvalue weighted by Gasteiger charge is -2.03. The molecule has 1 N–H and O–H groups in total. The van der Waals surface area contributed by atoms with Crippen LogP contribution in [0.2, 0.25) is 5.02 Å². The van der Waals surface area contributed by atoms with Crippen LogP contribution in [0.4, 0.5) is 0 Å². The number of rotatable bonds is 4. The Kier molecular flexibility index (Phi) is 4.19. The van der Waals surface area contributed by atoms with Gasteiger partial charge in [-0.2, -0.15) is 0 Å². The van der Waals surface area contributed by atoms with Gasteiger partial charge in [-0.1, -0.05) is 23.7 Å². The molecular formula is C8H9Cl2NO2S. The van der Waals surface area contributed by atoms with Crippen LogP contribution in [-0.4, -0.2) is 13.6 Å². The predicted octanol–water partition coefficient (Wildman–Crippen LogP) is 1.96. The molecular weight excluding hydrogens is 245 g/mol. The van der Waals surface area contributed by atoms with Crippen LogP contribution in [0.3, 0.4) is 0 Å². The Bertz CT molecular complexity index is 406. The van der Waals surface area contributed by atoms with Crippen molar-refractivity contribution in [3.63, 3.8) is 0 Å². The van der Waals surface area contributed by atoms with Crippen molar-refractivity contribution < 1.29 is 8.42 Å². The van der Waals surface area contributed by atoms with Crippen molar-refractivity contribution in [2.75, 3.05) is 5.21 Å². The summed E-state index contributed by atoms with van der Waals surface area (Å²) in [5.41, 5.74) is 0.797. The van der Waals surface area contributed by atoms with E-state index in [1.54, 1.807) is 24.3 Å². The lowest BCUT2D eigenvalue weighted by molar-refractivity contribution is 0.586. The third kappa shape index (κ3) is 3.84. The molecule has 0 bridgehead atoms. The lowest BCUT2D eigenvalue weighted by atomic mass is 10.2. The van der Waals surface area contributed by atoms with Crippen LogP contribution in [-0.2, 0) is 16.6 Å². The summed E-state index contributed by atoms with van der Waals surface area (Å²) in [4.78, 5) is 0. The summed E-state index contributed by atoms with van der Waals surface area (Å²) in [5.74, 6) is 0. The summed E-state index contributed by atoms with van der Waals surface area (Å²) < 4.78 is 24.3. The van der Waals surface area contributed by atoms with Crippen LogP contribution >= 0.6 is 23.2 Å². The summed E-state index contributed by atoms with van der Waals surface area (Å²) in [6.07, 6.45) is 0.